The highest BCUT2D eigenvalue weighted by Crippen LogP contribution is 2.37. The van der Waals surface area contributed by atoms with Gasteiger partial charge in [-0.1, -0.05) is 47.5 Å². The number of halogens is 3. The summed E-state index contributed by atoms with van der Waals surface area (Å²) in [5.41, 5.74) is 11.3. The summed E-state index contributed by atoms with van der Waals surface area (Å²) in [5, 5.41) is 29.2. The van der Waals surface area contributed by atoms with Gasteiger partial charge in [0.25, 0.3) is 0 Å². The van der Waals surface area contributed by atoms with Crippen LogP contribution in [-0.4, -0.2) is 21.1 Å². The summed E-state index contributed by atoms with van der Waals surface area (Å²) in [6.07, 6.45) is 3.43. The second-order valence-electron chi connectivity index (χ2n) is 9.57. The van der Waals surface area contributed by atoms with Gasteiger partial charge in [-0.15, -0.1) is 5.53 Å². The van der Waals surface area contributed by atoms with Crippen LogP contribution in [0.3, 0.4) is 0 Å². The SMILES string of the molecule is CC(C)N1C=C([C@@H](Nc2cc(Cl)c3ncc(C#N)c(Nc4ccc(F)c(Cl)c4)c3c2)c2cccc(CO)c2)NN1. The Bertz CT molecular complexity index is 1650. The number of benzene rings is 3. The number of aliphatic hydroxyl groups is 1. The van der Waals surface area contributed by atoms with Crippen LogP contribution in [0.15, 0.2) is 72.7 Å². The van der Waals surface area contributed by atoms with Gasteiger partial charge in [-0.25, -0.2) is 4.39 Å². The summed E-state index contributed by atoms with van der Waals surface area (Å²) in [5.74, 6) is -0.543. The van der Waals surface area contributed by atoms with E-state index >= 15 is 0 Å². The van der Waals surface area contributed by atoms with Crippen LogP contribution in [0.1, 0.15) is 36.6 Å². The number of rotatable bonds is 8. The minimum absolute atomic E-state index is 0.0448. The van der Waals surface area contributed by atoms with Crippen LogP contribution in [0.5, 0.6) is 0 Å². The van der Waals surface area contributed by atoms with Gasteiger partial charge in [-0.05, 0) is 55.3 Å². The molecule has 0 saturated carbocycles. The predicted octanol–water partition coefficient (Wildman–Crippen LogP) is 6.52. The summed E-state index contributed by atoms with van der Waals surface area (Å²) < 4.78 is 13.8. The molecule has 40 heavy (non-hydrogen) atoms. The zero-order valence-electron chi connectivity index (χ0n) is 21.6. The molecule has 0 amide bonds. The second kappa shape index (κ2) is 11.6. The number of fused-ring (bicyclic) bond motifs is 1. The highest BCUT2D eigenvalue weighted by molar-refractivity contribution is 6.36. The van der Waals surface area contributed by atoms with Gasteiger partial charge in [0.2, 0.25) is 0 Å². The fraction of sp³-hybridized carbons (Fsp3) is 0.172. The third kappa shape index (κ3) is 5.62. The molecule has 0 saturated heterocycles. The molecule has 1 aliphatic rings. The summed E-state index contributed by atoms with van der Waals surface area (Å²) >= 11 is 12.7. The van der Waals surface area contributed by atoms with Crippen molar-refractivity contribution in [3.63, 3.8) is 0 Å². The van der Waals surface area contributed by atoms with Gasteiger partial charge in [0, 0.05) is 35.2 Å². The molecule has 5 N–H and O–H groups in total. The summed E-state index contributed by atoms with van der Waals surface area (Å²) in [7, 11) is 0. The van der Waals surface area contributed by atoms with Crippen molar-refractivity contribution in [3.05, 3.63) is 105 Å². The molecular weight excluding hydrogens is 552 g/mol. The molecule has 2 heterocycles. The van der Waals surface area contributed by atoms with Crippen LogP contribution in [0, 0.1) is 17.1 Å². The van der Waals surface area contributed by atoms with E-state index in [1.807, 2.05) is 41.5 Å². The standard InChI is InChI=1S/C29H26Cl2FN7O/c1-16(2)39-14-26(37-38-39)28(18-5-3-4-17(8-18)15-40)36-21-9-22-27(35-20-6-7-25(32)23(30)10-20)19(12-33)13-34-29(22)24(31)11-21/h3-11,13-14,16,28,36-38,40H,15H2,1-2H3,(H,34,35)/t28-/m0/s1. The molecule has 8 nitrogen and oxygen atoms in total. The van der Waals surface area contributed by atoms with Gasteiger partial charge in [0.15, 0.2) is 0 Å². The zero-order chi connectivity index (χ0) is 28.4. The fourth-order valence-electron chi connectivity index (χ4n) is 4.43. The monoisotopic (exact) mass is 577 g/mol. The summed E-state index contributed by atoms with van der Waals surface area (Å²) in [4.78, 5) is 4.42. The molecule has 5 rings (SSSR count). The second-order valence-corrected chi connectivity index (χ2v) is 10.4. The van der Waals surface area contributed by atoms with Crippen molar-refractivity contribution in [3.8, 4) is 6.07 Å². The van der Waals surface area contributed by atoms with E-state index in [2.05, 4.69) is 46.5 Å². The quantitative estimate of drug-likeness (QED) is 0.161. The normalized spacial score (nSPS) is 13.7. The van der Waals surface area contributed by atoms with Crippen molar-refractivity contribution in [2.75, 3.05) is 10.6 Å². The van der Waals surface area contributed by atoms with Crippen LogP contribution in [0.25, 0.3) is 10.9 Å². The van der Waals surface area contributed by atoms with E-state index in [9.17, 15) is 14.8 Å². The largest absolute Gasteiger partial charge is 0.392 e. The molecule has 1 aromatic heterocycles. The Morgan fingerprint density at radius 1 is 1.10 bits per heavy atom. The van der Waals surface area contributed by atoms with Crippen LogP contribution in [-0.2, 0) is 6.61 Å². The number of nitrogens with one attached hydrogen (secondary N) is 4. The molecule has 0 fully saturated rings. The molecule has 4 aromatic rings. The van der Waals surface area contributed by atoms with Crippen LogP contribution in [0.4, 0.5) is 21.5 Å². The molecule has 3 aromatic carbocycles. The maximum absolute atomic E-state index is 13.8. The zero-order valence-corrected chi connectivity index (χ0v) is 23.1. The average molecular weight is 578 g/mol. The number of hydrogen-bond acceptors (Lipinski definition) is 8. The number of aliphatic hydroxyl groups excluding tert-OH is 1. The van der Waals surface area contributed by atoms with Crippen molar-refractivity contribution in [2.45, 2.75) is 32.5 Å². The number of pyridine rings is 1. The number of nitriles is 1. The number of hydrogen-bond donors (Lipinski definition) is 5. The van der Waals surface area contributed by atoms with Crippen molar-refractivity contribution < 1.29 is 9.50 Å². The van der Waals surface area contributed by atoms with Crippen molar-refractivity contribution in [1.82, 2.24) is 21.0 Å². The van der Waals surface area contributed by atoms with E-state index in [1.54, 1.807) is 6.07 Å². The lowest BCUT2D eigenvalue weighted by Gasteiger charge is -2.23. The Hall–Kier alpha value is -4.07. The molecule has 0 spiro atoms. The van der Waals surface area contributed by atoms with Crippen LogP contribution in [0.2, 0.25) is 10.0 Å². The van der Waals surface area contributed by atoms with E-state index < -0.39 is 5.82 Å². The lowest BCUT2D eigenvalue weighted by atomic mass is 10.0. The van der Waals surface area contributed by atoms with E-state index in [0.29, 0.717) is 33.0 Å². The minimum atomic E-state index is -0.543. The van der Waals surface area contributed by atoms with Gasteiger partial charge in [0.05, 0.1) is 45.2 Å². The predicted molar refractivity (Wildman–Crippen MR) is 156 cm³/mol. The Labute approximate surface area is 241 Å². The van der Waals surface area contributed by atoms with Gasteiger partial charge in [0.1, 0.15) is 11.9 Å². The summed E-state index contributed by atoms with van der Waals surface area (Å²) in [6, 6.07) is 17.5. The minimum Gasteiger partial charge on any atom is -0.392 e. The van der Waals surface area contributed by atoms with Crippen LogP contribution < -0.4 is 21.6 Å². The third-order valence-corrected chi connectivity index (χ3v) is 7.06. The molecule has 0 aliphatic carbocycles. The van der Waals surface area contributed by atoms with Crippen molar-refractivity contribution in [2.24, 2.45) is 0 Å². The molecule has 1 aliphatic heterocycles. The number of anilines is 3. The van der Waals surface area contributed by atoms with Crippen molar-refractivity contribution in [1.29, 1.82) is 5.26 Å². The smallest absolute Gasteiger partial charge is 0.141 e. The van der Waals surface area contributed by atoms with Gasteiger partial charge in [-0.2, -0.15) is 5.26 Å². The van der Waals surface area contributed by atoms with Gasteiger partial charge in [-0.3, -0.25) is 9.99 Å². The third-order valence-electron chi connectivity index (χ3n) is 6.49. The van der Waals surface area contributed by atoms with Crippen molar-refractivity contribution >= 4 is 51.2 Å². The maximum atomic E-state index is 13.8. The molecular formula is C29H26Cl2FN7O. The Kier molecular flexibility index (Phi) is 7.96. The first-order valence-corrected chi connectivity index (χ1v) is 13.3. The first-order valence-electron chi connectivity index (χ1n) is 12.5. The number of hydrazine groups is 2. The molecule has 1 atom stereocenters. The van der Waals surface area contributed by atoms with Crippen LogP contribution >= 0.6 is 23.2 Å². The number of nitrogens with zero attached hydrogens (tertiary/aromatic N) is 3. The van der Waals surface area contributed by atoms with Gasteiger partial charge < -0.3 is 21.2 Å². The van der Waals surface area contributed by atoms with E-state index in [0.717, 1.165) is 16.8 Å². The van der Waals surface area contributed by atoms with E-state index in [-0.39, 0.29) is 29.3 Å². The highest BCUT2D eigenvalue weighted by atomic mass is 35.5. The Balaban J connectivity index is 1.60. The first kappa shape index (κ1) is 27.5. The van der Waals surface area contributed by atoms with E-state index in [1.165, 1.54) is 24.4 Å². The van der Waals surface area contributed by atoms with Gasteiger partial charge >= 0.3 is 0 Å². The van der Waals surface area contributed by atoms with E-state index in [4.69, 9.17) is 23.2 Å². The fourth-order valence-corrected chi connectivity index (χ4v) is 4.88. The highest BCUT2D eigenvalue weighted by Gasteiger charge is 2.24. The average Bonchev–Trinajstić information content (AvgIpc) is 3.44. The molecule has 0 unspecified atom stereocenters. The lowest BCUT2D eigenvalue weighted by Crippen LogP contribution is -2.41. The maximum Gasteiger partial charge on any atom is 0.141 e. The molecule has 11 heteroatoms. The first-order chi connectivity index (χ1) is 19.3. The Morgan fingerprint density at radius 2 is 1.90 bits per heavy atom. The topological polar surface area (TPSA) is 108 Å². The lowest BCUT2D eigenvalue weighted by molar-refractivity contribution is 0.221. The number of aromatic nitrogens is 1. The summed E-state index contributed by atoms with van der Waals surface area (Å²) in [6.45, 7) is 4.04. The Morgan fingerprint density at radius 3 is 2.60 bits per heavy atom. The molecule has 0 radical (unpaired) electrons. The molecule has 0 bridgehead atoms. The molecule has 204 valence electrons.